The summed E-state index contributed by atoms with van der Waals surface area (Å²) >= 11 is 0. The third-order valence-corrected chi connectivity index (χ3v) is 5.08. The number of aromatic nitrogens is 1. The summed E-state index contributed by atoms with van der Waals surface area (Å²) < 4.78 is 5.41. The number of nitrogens with one attached hydrogen (secondary N) is 2. The number of rotatable bonds is 6. The Hall–Kier alpha value is -3.89. The minimum Gasteiger partial charge on any atom is -0.378 e. The van der Waals surface area contributed by atoms with Gasteiger partial charge in [0.15, 0.2) is 0 Å². The van der Waals surface area contributed by atoms with Gasteiger partial charge in [-0.15, -0.1) is 0 Å². The first kappa shape index (κ1) is 20.4. The first-order valence-electron chi connectivity index (χ1n) is 10.1. The second-order valence-electron chi connectivity index (χ2n) is 7.12. The molecule has 2 aromatic carbocycles. The molecule has 7 nitrogen and oxygen atoms in total. The van der Waals surface area contributed by atoms with Gasteiger partial charge in [-0.1, -0.05) is 12.1 Å². The van der Waals surface area contributed by atoms with Crippen molar-refractivity contribution in [3.63, 3.8) is 0 Å². The van der Waals surface area contributed by atoms with Crippen LogP contribution in [-0.2, 0) is 4.74 Å². The molecule has 2 N–H and O–H groups in total. The summed E-state index contributed by atoms with van der Waals surface area (Å²) in [4.78, 5) is 18.7. The summed E-state index contributed by atoms with van der Waals surface area (Å²) in [5, 5.41) is 14.5. The molecule has 7 heteroatoms. The van der Waals surface area contributed by atoms with Gasteiger partial charge in [0.05, 0.1) is 19.3 Å². The number of amides is 1. The Bertz CT molecular complexity index is 1070. The first-order chi connectivity index (χ1) is 15.2. The van der Waals surface area contributed by atoms with E-state index in [1.807, 2.05) is 42.5 Å². The van der Waals surface area contributed by atoms with Crippen LogP contribution in [0.5, 0.6) is 0 Å². The van der Waals surface area contributed by atoms with E-state index in [9.17, 15) is 4.79 Å². The van der Waals surface area contributed by atoms with Crippen LogP contribution >= 0.6 is 0 Å². The van der Waals surface area contributed by atoms with Crippen molar-refractivity contribution >= 4 is 23.1 Å². The van der Waals surface area contributed by atoms with Gasteiger partial charge in [-0.3, -0.25) is 4.79 Å². The van der Waals surface area contributed by atoms with E-state index < -0.39 is 0 Å². The average molecular weight is 413 g/mol. The quantitative estimate of drug-likeness (QED) is 0.601. The van der Waals surface area contributed by atoms with Gasteiger partial charge in [0, 0.05) is 36.2 Å². The predicted molar refractivity (Wildman–Crippen MR) is 120 cm³/mol. The van der Waals surface area contributed by atoms with Crippen molar-refractivity contribution in [1.29, 1.82) is 5.26 Å². The van der Waals surface area contributed by atoms with Crippen molar-refractivity contribution in [2.45, 2.75) is 0 Å². The average Bonchev–Trinajstić information content (AvgIpc) is 2.84. The maximum absolute atomic E-state index is 11.9. The van der Waals surface area contributed by atoms with Crippen molar-refractivity contribution in [2.75, 3.05) is 43.1 Å². The fourth-order valence-electron chi connectivity index (χ4n) is 3.44. The van der Waals surface area contributed by atoms with Crippen molar-refractivity contribution in [3.8, 4) is 17.2 Å². The van der Waals surface area contributed by atoms with Crippen LogP contribution in [0, 0.1) is 11.3 Å². The molecule has 1 fully saturated rings. The summed E-state index contributed by atoms with van der Waals surface area (Å²) in [6, 6.07) is 21.4. The van der Waals surface area contributed by atoms with E-state index in [1.54, 1.807) is 18.3 Å². The lowest BCUT2D eigenvalue weighted by molar-refractivity contribution is 0.0958. The zero-order valence-corrected chi connectivity index (χ0v) is 17.0. The Morgan fingerprint density at radius 2 is 1.77 bits per heavy atom. The monoisotopic (exact) mass is 413 g/mol. The molecule has 0 unspecified atom stereocenters. The number of nitrogens with zero attached hydrogens (tertiary/aromatic N) is 3. The van der Waals surface area contributed by atoms with Crippen LogP contribution in [0.15, 0.2) is 66.9 Å². The molecule has 31 heavy (non-hydrogen) atoms. The number of pyridine rings is 1. The van der Waals surface area contributed by atoms with Crippen LogP contribution in [0.3, 0.4) is 0 Å². The summed E-state index contributed by atoms with van der Waals surface area (Å²) in [5.74, 6) is 0.484. The minimum absolute atomic E-state index is 0.00655. The fourth-order valence-corrected chi connectivity index (χ4v) is 3.44. The second-order valence-corrected chi connectivity index (χ2v) is 7.12. The van der Waals surface area contributed by atoms with E-state index >= 15 is 0 Å². The van der Waals surface area contributed by atoms with Crippen LogP contribution in [0.1, 0.15) is 10.4 Å². The Morgan fingerprint density at radius 3 is 2.48 bits per heavy atom. The SMILES string of the molecule is N#CCNC(=O)c1ccc(-c2ccnc(Nc3ccc(N4CCOCC4)cc3)c2)cc1. The maximum Gasteiger partial charge on any atom is 0.252 e. The fraction of sp³-hybridized carbons (Fsp3) is 0.208. The molecule has 1 aliphatic heterocycles. The number of nitriles is 1. The molecule has 1 aromatic heterocycles. The van der Waals surface area contributed by atoms with Crippen LogP contribution in [0.2, 0.25) is 0 Å². The molecule has 1 amide bonds. The van der Waals surface area contributed by atoms with E-state index in [2.05, 4.69) is 32.7 Å². The molecule has 0 saturated carbocycles. The minimum atomic E-state index is -0.259. The third kappa shape index (κ3) is 5.18. The molecule has 1 aliphatic rings. The first-order valence-corrected chi connectivity index (χ1v) is 10.1. The largest absolute Gasteiger partial charge is 0.378 e. The highest BCUT2D eigenvalue weighted by Crippen LogP contribution is 2.25. The molecule has 0 atom stereocenters. The van der Waals surface area contributed by atoms with Crippen LogP contribution in [-0.4, -0.2) is 43.7 Å². The van der Waals surface area contributed by atoms with E-state index in [0.29, 0.717) is 5.56 Å². The summed E-state index contributed by atoms with van der Waals surface area (Å²) in [6.45, 7) is 3.35. The maximum atomic E-state index is 11.9. The number of ether oxygens (including phenoxy) is 1. The molecule has 2 heterocycles. The van der Waals surface area contributed by atoms with Gasteiger partial charge in [0.1, 0.15) is 12.4 Å². The van der Waals surface area contributed by atoms with E-state index in [4.69, 9.17) is 10.00 Å². The molecule has 1 saturated heterocycles. The van der Waals surface area contributed by atoms with Crippen molar-refractivity contribution in [2.24, 2.45) is 0 Å². The van der Waals surface area contributed by atoms with Crippen molar-refractivity contribution < 1.29 is 9.53 Å². The summed E-state index contributed by atoms with van der Waals surface area (Å²) in [5.41, 5.74) is 4.64. The normalized spacial score (nSPS) is 13.3. The number of benzene rings is 2. The highest BCUT2D eigenvalue weighted by atomic mass is 16.5. The number of hydrogen-bond acceptors (Lipinski definition) is 6. The van der Waals surface area contributed by atoms with Gasteiger partial charge in [-0.05, 0) is 59.7 Å². The topological polar surface area (TPSA) is 90.3 Å². The lowest BCUT2D eigenvalue weighted by Crippen LogP contribution is -2.36. The van der Waals surface area contributed by atoms with E-state index in [-0.39, 0.29) is 12.5 Å². The molecular formula is C24H23N5O2. The van der Waals surface area contributed by atoms with Crippen LogP contribution in [0.25, 0.3) is 11.1 Å². The number of hydrogen-bond donors (Lipinski definition) is 2. The van der Waals surface area contributed by atoms with Gasteiger partial charge in [-0.2, -0.15) is 5.26 Å². The Kier molecular flexibility index (Phi) is 6.41. The molecular weight excluding hydrogens is 390 g/mol. The third-order valence-electron chi connectivity index (χ3n) is 5.08. The van der Waals surface area contributed by atoms with Gasteiger partial charge in [0.25, 0.3) is 5.91 Å². The number of anilines is 3. The lowest BCUT2D eigenvalue weighted by atomic mass is 10.0. The molecule has 0 aliphatic carbocycles. The predicted octanol–water partition coefficient (Wildman–Crippen LogP) is 3.58. The Labute approximate surface area is 181 Å². The van der Waals surface area contributed by atoms with Gasteiger partial charge in [-0.25, -0.2) is 4.98 Å². The molecule has 4 rings (SSSR count). The van der Waals surface area contributed by atoms with Crippen LogP contribution in [0.4, 0.5) is 17.2 Å². The number of carbonyl (C=O) groups excluding carboxylic acids is 1. The summed E-state index contributed by atoms with van der Waals surface area (Å²) in [7, 11) is 0. The standard InChI is InChI=1S/C24H23N5O2/c25-10-12-27-24(30)19-3-1-18(2-4-19)20-9-11-26-23(17-20)28-21-5-7-22(8-6-21)29-13-15-31-16-14-29/h1-9,11,17H,12-16H2,(H,26,28)(H,27,30). The zero-order chi connectivity index (χ0) is 21.5. The molecule has 3 aromatic rings. The highest BCUT2D eigenvalue weighted by molar-refractivity contribution is 5.94. The van der Waals surface area contributed by atoms with E-state index in [1.165, 1.54) is 5.69 Å². The molecule has 0 bridgehead atoms. The Balaban J connectivity index is 1.43. The van der Waals surface area contributed by atoms with Gasteiger partial charge >= 0.3 is 0 Å². The van der Waals surface area contributed by atoms with Gasteiger partial charge in [0.2, 0.25) is 0 Å². The van der Waals surface area contributed by atoms with Crippen LogP contribution < -0.4 is 15.5 Å². The van der Waals surface area contributed by atoms with Crippen molar-refractivity contribution in [3.05, 3.63) is 72.4 Å². The molecule has 0 radical (unpaired) electrons. The number of morpholine rings is 1. The smallest absolute Gasteiger partial charge is 0.252 e. The van der Waals surface area contributed by atoms with Gasteiger partial charge < -0.3 is 20.3 Å². The lowest BCUT2D eigenvalue weighted by Gasteiger charge is -2.28. The zero-order valence-electron chi connectivity index (χ0n) is 17.0. The number of carbonyl (C=O) groups is 1. The highest BCUT2D eigenvalue weighted by Gasteiger charge is 2.11. The van der Waals surface area contributed by atoms with E-state index in [0.717, 1.165) is 48.9 Å². The Morgan fingerprint density at radius 1 is 1.03 bits per heavy atom. The second kappa shape index (κ2) is 9.74. The van der Waals surface area contributed by atoms with Crippen molar-refractivity contribution in [1.82, 2.24) is 10.3 Å². The molecule has 156 valence electrons. The summed E-state index contributed by atoms with van der Waals surface area (Å²) in [6.07, 6.45) is 1.76. The molecule has 0 spiro atoms.